The second-order valence-electron chi connectivity index (χ2n) is 6.57. The highest BCUT2D eigenvalue weighted by Gasteiger charge is 2.18. The van der Waals surface area contributed by atoms with E-state index < -0.39 is 5.69 Å². The maximum Gasteiger partial charge on any atom is 0.332 e. The molecule has 0 radical (unpaired) electrons. The second-order valence-corrected chi connectivity index (χ2v) is 6.57. The van der Waals surface area contributed by atoms with E-state index in [-0.39, 0.29) is 5.56 Å². The van der Waals surface area contributed by atoms with E-state index in [1.807, 2.05) is 30.3 Å². The Morgan fingerprint density at radius 1 is 1.00 bits per heavy atom. The largest absolute Gasteiger partial charge is 0.496 e. The smallest absolute Gasteiger partial charge is 0.332 e. The van der Waals surface area contributed by atoms with Gasteiger partial charge in [0.1, 0.15) is 11.5 Å². The van der Waals surface area contributed by atoms with Crippen molar-refractivity contribution in [3.8, 4) is 11.5 Å². The predicted octanol–water partition coefficient (Wildman–Crippen LogP) is 1.65. The number of hydrogen-bond donors (Lipinski definition) is 0. The minimum atomic E-state index is -0.410. The fraction of sp³-hybridized carbons (Fsp3) is 0.250. The van der Waals surface area contributed by atoms with Gasteiger partial charge in [-0.25, -0.2) is 9.78 Å². The van der Waals surface area contributed by atoms with E-state index in [2.05, 4.69) is 4.98 Å². The van der Waals surface area contributed by atoms with E-state index in [1.165, 1.54) is 11.6 Å². The summed E-state index contributed by atoms with van der Waals surface area (Å²) < 4.78 is 15.4. The average Bonchev–Trinajstić information content (AvgIpc) is 3.13. The van der Waals surface area contributed by atoms with Crippen LogP contribution in [0, 0.1) is 0 Å². The number of ether oxygens (including phenoxy) is 2. The van der Waals surface area contributed by atoms with Gasteiger partial charge in [-0.05, 0) is 6.07 Å². The van der Waals surface area contributed by atoms with Gasteiger partial charge in [-0.3, -0.25) is 13.9 Å². The fourth-order valence-electron chi connectivity index (χ4n) is 3.60. The van der Waals surface area contributed by atoms with Crippen molar-refractivity contribution < 1.29 is 9.47 Å². The molecule has 2 aromatic carbocycles. The molecule has 0 unspecified atom stereocenters. The van der Waals surface area contributed by atoms with Crippen LogP contribution in [0.25, 0.3) is 21.9 Å². The van der Waals surface area contributed by atoms with E-state index in [0.717, 1.165) is 26.7 Å². The van der Waals surface area contributed by atoms with E-state index in [1.54, 1.807) is 32.2 Å². The molecule has 4 rings (SSSR count). The van der Waals surface area contributed by atoms with Gasteiger partial charge in [0.05, 0.1) is 27.1 Å². The predicted molar refractivity (Wildman–Crippen MR) is 106 cm³/mol. The van der Waals surface area contributed by atoms with Gasteiger partial charge < -0.3 is 14.0 Å². The van der Waals surface area contributed by atoms with Crippen LogP contribution < -0.4 is 20.7 Å². The number of fused-ring (bicyclic) bond motifs is 2. The van der Waals surface area contributed by atoms with Gasteiger partial charge in [0.2, 0.25) is 0 Å². The summed E-state index contributed by atoms with van der Waals surface area (Å²) >= 11 is 0. The summed E-state index contributed by atoms with van der Waals surface area (Å²) in [6, 6.07) is 9.72. The highest BCUT2D eigenvalue weighted by atomic mass is 16.5. The third-order valence-corrected chi connectivity index (χ3v) is 5.02. The summed E-state index contributed by atoms with van der Waals surface area (Å²) in [5.74, 6) is 1.43. The minimum Gasteiger partial charge on any atom is -0.496 e. The summed E-state index contributed by atoms with van der Waals surface area (Å²) in [7, 11) is 6.30. The van der Waals surface area contributed by atoms with Crippen molar-refractivity contribution in [1.82, 2.24) is 18.7 Å². The average molecular weight is 380 g/mol. The van der Waals surface area contributed by atoms with Gasteiger partial charge in [0, 0.05) is 30.4 Å². The Labute approximate surface area is 160 Å². The lowest BCUT2D eigenvalue weighted by molar-refractivity contribution is 0.405. The summed E-state index contributed by atoms with van der Waals surface area (Å²) in [4.78, 5) is 29.1. The number of hydrogen-bond acceptors (Lipinski definition) is 5. The quantitative estimate of drug-likeness (QED) is 0.538. The Morgan fingerprint density at radius 3 is 2.39 bits per heavy atom. The van der Waals surface area contributed by atoms with Gasteiger partial charge in [-0.2, -0.15) is 0 Å². The Balaban J connectivity index is 1.97. The van der Waals surface area contributed by atoms with Crippen LogP contribution in [0.5, 0.6) is 11.5 Å². The van der Waals surface area contributed by atoms with E-state index >= 15 is 0 Å². The van der Waals surface area contributed by atoms with Crippen molar-refractivity contribution in [2.45, 2.75) is 6.54 Å². The van der Waals surface area contributed by atoms with Gasteiger partial charge in [-0.1, -0.05) is 24.3 Å². The van der Waals surface area contributed by atoms with Crippen molar-refractivity contribution >= 4 is 21.9 Å². The molecular weight excluding hydrogens is 360 g/mol. The van der Waals surface area contributed by atoms with E-state index in [4.69, 9.17) is 9.47 Å². The van der Waals surface area contributed by atoms with Crippen molar-refractivity contribution in [2.24, 2.45) is 14.1 Å². The molecule has 8 heteroatoms. The van der Waals surface area contributed by atoms with Crippen LogP contribution in [-0.4, -0.2) is 32.9 Å². The van der Waals surface area contributed by atoms with Crippen LogP contribution in [0.3, 0.4) is 0 Å². The molecule has 0 amide bonds. The Morgan fingerprint density at radius 2 is 1.71 bits per heavy atom. The number of nitrogens with zero attached hydrogens (tertiary/aromatic N) is 4. The van der Waals surface area contributed by atoms with Crippen molar-refractivity contribution in [2.75, 3.05) is 14.2 Å². The Kier molecular flexibility index (Phi) is 4.18. The maximum absolute atomic E-state index is 12.7. The van der Waals surface area contributed by atoms with Crippen molar-refractivity contribution in [3.05, 3.63) is 63.1 Å². The minimum absolute atomic E-state index is 0.342. The van der Waals surface area contributed by atoms with Crippen molar-refractivity contribution in [3.63, 3.8) is 0 Å². The van der Waals surface area contributed by atoms with E-state index in [0.29, 0.717) is 23.5 Å². The molecule has 28 heavy (non-hydrogen) atoms. The molecule has 0 bridgehead atoms. The number of rotatable bonds is 4. The summed E-state index contributed by atoms with van der Waals surface area (Å²) in [5.41, 5.74) is 0.752. The second kappa shape index (κ2) is 6.56. The lowest BCUT2D eigenvalue weighted by atomic mass is 10.0. The number of imidazole rings is 1. The van der Waals surface area contributed by atoms with Crippen molar-refractivity contribution in [1.29, 1.82) is 0 Å². The van der Waals surface area contributed by atoms with Gasteiger partial charge in [0.25, 0.3) is 5.56 Å². The van der Waals surface area contributed by atoms with Gasteiger partial charge >= 0.3 is 5.69 Å². The lowest BCUT2D eigenvalue weighted by Gasteiger charge is -2.16. The molecule has 144 valence electrons. The molecule has 0 aliphatic rings. The third kappa shape index (κ3) is 2.49. The summed E-state index contributed by atoms with van der Waals surface area (Å²) in [6.45, 7) is 0.342. The van der Waals surface area contributed by atoms with Gasteiger partial charge in [-0.15, -0.1) is 0 Å². The van der Waals surface area contributed by atoms with Crippen LogP contribution in [0.2, 0.25) is 0 Å². The normalized spacial score (nSPS) is 11.3. The first-order chi connectivity index (χ1) is 13.5. The molecule has 0 saturated carbocycles. The highest BCUT2D eigenvalue weighted by Crippen LogP contribution is 2.37. The first-order valence-electron chi connectivity index (χ1n) is 8.71. The molecule has 0 fully saturated rings. The summed E-state index contributed by atoms with van der Waals surface area (Å²) in [5, 5.41) is 1.86. The standard InChI is InChI=1S/C20H20N4O4/c1-22-18-16(19(25)23(2)20(22)26)24(11-21-18)10-12-9-15(27-3)13-7-5-6-8-14(13)17(12)28-4/h5-9,11H,10H2,1-4H3. The van der Waals surface area contributed by atoms with Crippen LogP contribution in [0.4, 0.5) is 0 Å². The van der Waals surface area contributed by atoms with Gasteiger partial charge in [0.15, 0.2) is 11.2 Å². The third-order valence-electron chi connectivity index (χ3n) is 5.02. The SMILES string of the molecule is COc1cc(Cn2cnc3c2c(=O)n(C)c(=O)n3C)c(OC)c2ccccc12. The molecule has 0 aliphatic carbocycles. The molecule has 2 heterocycles. The monoisotopic (exact) mass is 380 g/mol. The Hall–Kier alpha value is -3.55. The van der Waals surface area contributed by atoms with Crippen LogP contribution in [0.15, 0.2) is 46.2 Å². The highest BCUT2D eigenvalue weighted by molar-refractivity contribution is 5.94. The zero-order chi connectivity index (χ0) is 20.0. The number of aromatic nitrogens is 4. The first kappa shape index (κ1) is 17.8. The van der Waals surface area contributed by atoms with Crippen LogP contribution >= 0.6 is 0 Å². The molecule has 8 nitrogen and oxygen atoms in total. The number of methoxy groups -OCH3 is 2. The Bertz CT molecular complexity index is 1330. The molecular formula is C20H20N4O4. The molecule has 0 saturated heterocycles. The first-order valence-corrected chi connectivity index (χ1v) is 8.71. The zero-order valence-corrected chi connectivity index (χ0v) is 16.1. The number of aryl methyl sites for hydroxylation is 1. The molecule has 0 atom stereocenters. The zero-order valence-electron chi connectivity index (χ0n) is 16.1. The fourth-order valence-corrected chi connectivity index (χ4v) is 3.60. The molecule has 4 aromatic rings. The topological polar surface area (TPSA) is 80.3 Å². The maximum atomic E-state index is 12.7. The molecule has 0 spiro atoms. The number of benzene rings is 2. The van der Waals surface area contributed by atoms with Crippen LogP contribution in [0.1, 0.15) is 5.56 Å². The molecule has 0 aliphatic heterocycles. The summed E-state index contributed by atoms with van der Waals surface area (Å²) in [6.07, 6.45) is 1.56. The molecule has 0 N–H and O–H groups in total. The molecule has 2 aromatic heterocycles. The van der Waals surface area contributed by atoms with Crippen LogP contribution in [-0.2, 0) is 20.6 Å². The lowest BCUT2D eigenvalue weighted by Crippen LogP contribution is -2.37. The van der Waals surface area contributed by atoms with E-state index in [9.17, 15) is 9.59 Å².